The molecule has 1 saturated heterocycles. The van der Waals surface area contributed by atoms with Gasteiger partial charge in [-0.05, 0) is 42.6 Å². The van der Waals surface area contributed by atoms with Gasteiger partial charge in [-0.2, -0.15) is 0 Å². The molecule has 0 unspecified atom stereocenters. The molecule has 1 heterocycles. The SMILES string of the molecule is O=C(O)CSC[C@H]1CC[C@@H]2[C@@H](C=C[C@@H](O)COc3ccccc3)[C@H](O)C[C@@H]2OC1. The molecule has 0 bridgehead atoms. The zero-order valence-electron chi connectivity index (χ0n) is 16.4. The predicted octanol–water partition coefficient (Wildman–Crippen LogP) is 2.59. The third kappa shape index (κ3) is 6.74. The van der Waals surface area contributed by atoms with Gasteiger partial charge in [0.1, 0.15) is 18.5 Å². The molecule has 3 N–H and O–H groups in total. The molecular weight excluding hydrogens is 392 g/mol. The number of thioether (sulfide) groups is 1. The summed E-state index contributed by atoms with van der Waals surface area (Å²) in [6.07, 6.45) is 4.93. The van der Waals surface area contributed by atoms with Gasteiger partial charge < -0.3 is 24.8 Å². The summed E-state index contributed by atoms with van der Waals surface area (Å²) in [5.41, 5.74) is 0. The molecule has 6 nitrogen and oxygen atoms in total. The number of rotatable bonds is 9. The minimum absolute atomic E-state index is 0.0202. The first-order valence-corrected chi connectivity index (χ1v) is 11.3. The number of aliphatic carboxylic acids is 1. The Labute approximate surface area is 175 Å². The average Bonchev–Trinajstić information content (AvgIpc) is 2.87. The summed E-state index contributed by atoms with van der Waals surface area (Å²) in [7, 11) is 0. The van der Waals surface area contributed by atoms with Crippen LogP contribution in [0.5, 0.6) is 5.75 Å². The van der Waals surface area contributed by atoms with Crippen molar-refractivity contribution in [2.45, 2.75) is 37.6 Å². The third-order valence-corrected chi connectivity index (χ3v) is 6.80. The van der Waals surface area contributed by atoms with E-state index in [9.17, 15) is 15.0 Å². The molecule has 1 aromatic carbocycles. The maximum Gasteiger partial charge on any atom is 0.313 e. The summed E-state index contributed by atoms with van der Waals surface area (Å²) in [5.74, 6) is 1.35. The molecule has 1 aromatic rings. The highest BCUT2D eigenvalue weighted by molar-refractivity contribution is 7.99. The molecule has 0 aromatic heterocycles. The maximum absolute atomic E-state index is 10.7. The van der Waals surface area contributed by atoms with Crippen LogP contribution in [0.4, 0.5) is 0 Å². The van der Waals surface area contributed by atoms with E-state index in [2.05, 4.69) is 0 Å². The van der Waals surface area contributed by atoms with E-state index in [-0.39, 0.29) is 30.3 Å². The highest BCUT2D eigenvalue weighted by Crippen LogP contribution is 2.41. The summed E-state index contributed by atoms with van der Waals surface area (Å²) in [5, 5.41) is 29.5. The van der Waals surface area contributed by atoms with Crippen molar-refractivity contribution in [3.05, 3.63) is 42.5 Å². The van der Waals surface area contributed by atoms with Crippen molar-refractivity contribution in [2.75, 3.05) is 24.7 Å². The normalized spacial score (nSPS) is 30.6. The summed E-state index contributed by atoms with van der Waals surface area (Å²) in [4.78, 5) is 10.7. The van der Waals surface area contributed by atoms with Crippen molar-refractivity contribution in [3.8, 4) is 5.75 Å². The molecule has 1 aliphatic carbocycles. The Kier molecular flexibility index (Phi) is 8.41. The summed E-state index contributed by atoms with van der Waals surface area (Å²) >= 11 is 1.43. The number of para-hydroxylation sites is 1. The van der Waals surface area contributed by atoms with Gasteiger partial charge in [0.25, 0.3) is 0 Å². The van der Waals surface area contributed by atoms with E-state index < -0.39 is 18.2 Å². The monoisotopic (exact) mass is 422 g/mol. The van der Waals surface area contributed by atoms with Crippen molar-refractivity contribution in [1.29, 1.82) is 0 Å². The van der Waals surface area contributed by atoms with Crippen molar-refractivity contribution in [2.24, 2.45) is 17.8 Å². The molecule has 1 aliphatic heterocycles. The zero-order chi connectivity index (χ0) is 20.6. The predicted molar refractivity (Wildman–Crippen MR) is 112 cm³/mol. The van der Waals surface area contributed by atoms with Gasteiger partial charge in [-0.3, -0.25) is 4.79 Å². The van der Waals surface area contributed by atoms with Crippen molar-refractivity contribution < 1.29 is 29.6 Å². The molecule has 7 heteroatoms. The second-order valence-electron chi connectivity index (χ2n) is 7.84. The van der Waals surface area contributed by atoms with Crippen LogP contribution >= 0.6 is 11.8 Å². The van der Waals surface area contributed by atoms with Crippen molar-refractivity contribution in [3.63, 3.8) is 0 Å². The van der Waals surface area contributed by atoms with Crippen LogP contribution in [-0.4, -0.2) is 64.3 Å². The summed E-state index contributed by atoms with van der Waals surface area (Å²) < 4.78 is 11.6. The lowest BCUT2D eigenvalue weighted by atomic mass is 9.87. The molecule has 3 rings (SSSR count). The Bertz CT molecular complexity index is 667. The smallest absolute Gasteiger partial charge is 0.313 e. The van der Waals surface area contributed by atoms with Crippen LogP contribution in [0.15, 0.2) is 42.5 Å². The molecule has 0 radical (unpaired) electrons. The highest BCUT2D eigenvalue weighted by atomic mass is 32.2. The number of aliphatic hydroxyl groups excluding tert-OH is 2. The van der Waals surface area contributed by atoms with Gasteiger partial charge in [-0.25, -0.2) is 0 Å². The molecule has 0 amide bonds. The van der Waals surface area contributed by atoms with Gasteiger partial charge in [-0.15, -0.1) is 11.8 Å². The fraction of sp³-hybridized carbons (Fsp3) is 0.591. The van der Waals surface area contributed by atoms with Crippen LogP contribution in [0, 0.1) is 17.8 Å². The van der Waals surface area contributed by atoms with E-state index in [4.69, 9.17) is 14.6 Å². The van der Waals surface area contributed by atoms with Gasteiger partial charge in [-0.1, -0.05) is 30.4 Å². The van der Waals surface area contributed by atoms with Crippen LogP contribution in [0.25, 0.3) is 0 Å². The van der Waals surface area contributed by atoms with Crippen LogP contribution < -0.4 is 4.74 Å². The topological polar surface area (TPSA) is 96.2 Å². The van der Waals surface area contributed by atoms with Gasteiger partial charge in [0, 0.05) is 12.3 Å². The Morgan fingerprint density at radius 2 is 2.10 bits per heavy atom. The Balaban J connectivity index is 1.49. The molecule has 1 saturated carbocycles. The standard InChI is InChI=1S/C22H30O6S/c23-16(12-27-17-4-2-1-3-5-17)7-9-18-19-8-6-15(13-29-14-22(25)26)11-28-21(19)10-20(18)24/h1-5,7,9,15-16,18-21,23-24H,6,8,10-14H2,(H,25,26)/t15-,16+,18+,19+,20+,21-/m0/s1. The Morgan fingerprint density at radius 1 is 1.31 bits per heavy atom. The molecule has 2 aliphatic rings. The Morgan fingerprint density at radius 3 is 2.86 bits per heavy atom. The first-order chi connectivity index (χ1) is 14.0. The van der Waals surface area contributed by atoms with E-state index in [0.29, 0.717) is 24.7 Å². The minimum atomic E-state index is -0.787. The average molecular weight is 423 g/mol. The largest absolute Gasteiger partial charge is 0.491 e. The second-order valence-corrected chi connectivity index (χ2v) is 8.87. The first kappa shape index (κ1) is 22.2. The molecule has 29 heavy (non-hydrogen) atoms. The van der Waals surface area contributed by atoms with Crippen LogP contribution in [0.2, 0.25) is 0 Å². The van der Waals surface area contributed by atoms with E-state index in [1.54, 1.807) is 6.08 Å². The fourth-order valence-electron chi connectivity index (χ4n) is 4.17. The quantitative estimate of drug-likeness (QED) is 0.527. The fourth-order valence-corrected chi connectivity index (χ4v) is 5.06. The molecule has 160 valence electrons. The minimum Gasteiger partial charge on any atom is -0.491 e. The number of benzene rings is 1. The van der Waals surface area contributed by atoms with Gasteiger partial charge in [0.15, 0.2) is 0 Å². The molecule has 0 spiro atoms. The zero-order valence-corrected chi connectivity index (χ0v) is 17.2. The Hall–Kier alpha value is -1.54. The number of carbonyl (C=O) groups is 1. The number of hydrogen-bond donors (Lipinski definition) is 3. The number of ether oxygens (including phenoxy) is 2. The van der Waals surface area contributed by atoms with Crippen LogP contribution in [-0.2, 0) is 9.53 Å². The van der Waals surface area contributed by atoms with Crippen LogP contribution in [0.3, 0.4) is 0 Å². The number of aliphatic hydroxyl groups is 2. The lowest BCUT2D eigenvalue weighted by Crippen LogP contribution is -2.22. The first-order valence-electron chi connectivity index (χ1n) is 10.2. The van der Waals surface area contributed by atoms with Crippen LogP contribution in [0.1, 0.15) is 19.3 Å². The number of carboxylic acid groups (broad SMARTS) is 1. The summed E-state index contributed by atoms with van der Waals surface area (Å²) in [6.45, 7) is 0.779. The maximum atomic E-state index is 10.7. The van der Waals surface area contributed by atoms with E-state index in [0.717, 1.165) is 18.6 Å². The van der Waals surface area contributed by atoms with E-state index in [1.807, 2.05) is 36.4 Å². The van der Waals surface area contributed by atoms with Gasteiger partial charge in [0.05, 0.1) is 24.6 Å². The number of carboxylic acids is 1. The lowest BCUT2D eigenvalue weighted by Gasteiger charge is -2.21. The van der Waals surface area contributed by atoms with Gasteiger partial charge in [0.2, 0.25) is 0 Å². The van der Waals surface area contributed by atoms with E-state index in [1.165, 1.54) is 11.8 Å². The van der Waals surface area contributed by atoms with Gasteiger partial charge >= 0.3 is 5.97 Å². The molecule has 2 fully saturated rings. The van der Waals surface area contributed by atoms with Crippen molar-refractivity contribution in [1.82, 2.24) is 0 Å². The van der Waals surface area contributed by atoms with E-state index >= 15 is 0 Å². The molecular formula is C22H30O6S. The second kappa shape index (κ2) is 11.0. The number of fused-ring (bicyclic) bond motifs is 1. The highest BCUT2D eigenvalue weighted by Gasteiger charge is 2.43. The third-order valence-electron chi connectivity index (χ3n) is 5.64. The number of hydrogen-bond acceptors (Lipinski definition) is 6. The van der Waals surface area contributed by atoms with Crippen molar-refractivity contribution >= 4 is 17.7 Å². The molecule has 6 atom stereocenters. The summed E-state index contributed by atoms with van der Waals surface area (Å²) in [6, 6.07) is 9.36. The lowest BCUT2D eigenvalue weighted by molar-refractivity contribution is -0.133.